The maximum atomic E-state index is 12.8. The Bertz CT molecular complexity index is 677. The minimum Gasteiger partial charge on any atom is -0.485 e. The molecule has 8 heteroatoms. The van der Waals surface area contributed by atoms with Gasteiger partial charge in [0.15, 0.2) is 16.6 Å². The number of fused-ring (bicyclic) bond motifs is 1. The summed E-state index contributed by atoms with van der Waals surface area (Å²) in [5, 5.41) is 4.01. The number of piperazine rings is 1. The van der Waals surface area contributed by atoms with Crippen LogP contribution in [0.1, 0.15) is 20.3 Å². The molecule has 1 amide bonds. The zero-order valence-electron chi connectivity index (χ0n) is 16.6. The fourth-order valence-corrected chi connectivity index (χ4v) is 3.46. The van der Waals surface area contributed by atoms with Gasteiger partial charge in [-0.15, -0.1) is 0 Å². The quantitative estimate of drug-likeness (QED) is 0.568. The van der Waals surface area contributed by atoms with Gasteiger partial charge in [-0.25, -0.2) is 0 Å². The summed E-state index contributed by atoms with van der Waals surface area (Å²) in [5.41, 5.74) is 0. The largest absolute Gasteiger partial charge is 0.485 e. The number of thiocarbonyl (C=S) groups is 1. The van der Waals surface area contributed by atoms with Crippen molar-refractivity contribution in [2.45, 2.75) is 32.5 Å². The van der Waals surface area contributed by atoms with E-state index in [0.29, 0.717) is 37.7 Å². The normalized spacial score (nSPS) is 18.9. The Morgan fingerprint density at radius 2 is 1.89 bits per heavy atom. The van der Waals surface area contributed by atoms with Crippen molar-refractivity contribution in [1.29, 1.82) is 0 Å². The molecule has 0 bridgehead atoms. The second-order valence-corrected chi connectivity index (χ2v) is 7.57. The molecule has 1 atom stereocenters. The summed E-state index contributed by atoms with van der Waals surface area (Å²) in [7, 11) is 0. The number of amides is 1. The zero-order chi connectivity index (χ0) is 19.9. The minimum absolute atomic E-state index is 0.0288. The van der Waals surface area contributed by atoms with E-state index in [9.17, 15) is 4.79 Å². The van der Waals surface area contributed by atoms with Gasteiger partial charge in [0, 0.05) is 39.3 Å². The van der Waals surface area contributed by atoms with Crippen molar-refractivity contribution >= 4 is 23.2 Å². The van der Waals surface area contributed by atoms with Crippen molar-refractivity contribution in [2.75, 3.05) is 45.9 Å². The molecule has 1 fully saturated rings. The molecule has 0 saturated carbocycles. The summed E-state index contributed by atoms with van der Waals surface area (Å²) in [5.74, 6) is 1.28. The number of benzene rings is 1. The van der Waals surface area contributed by atoms with E-state index in [1.165, 1.54) is 0 Å². The molecular formula is C20H29N3O4S. The molecule has 1 aromatic rings. The fraction of sp³-hybridized carbons (Fsp3) is 0.600. The number of para-hydroxylation sites is 2. The van der Waals surface area contributed by atoms with Crippen LogP contribution in [0, 0.1) is 0 Å². The van der Waals surface area contributed by atoms with Crippen LogP contribution in [0.25, 0.3) is 0 Å². The average Bonchev–Trinajstić information content (AvgIpc) is 2.72. The molecule has 7 nitrogen and oxygen atoms in total. The Labute approximate surface area is 171 Å². The van der Waals surface area contributed by atoms with Crippen molar-refractivity contribution in [1.82, 2.24) is 15.1 Å². The third-order valence-electron chi connectivity index (χ3n) is 4.71. The number of nitrogens with one attached hydrogen (secondary N) is 1. The van der Waals surface area contributed by atoms with Gasteiger partial charge in [0.25, 0.3) is 5.91 Å². The van der Waals surface area contributed by atoms with E-state index in [1.54, 1.807) is 0 Å². The summed E-state index contributed by atoms with van der Waals surface area (Å²) < 4.78 is 17.0. The van der Waals surface area contributed by atoms with Crippen molar-refractivity contribution < 1.29 is 19.0 Å². The Hall–Kier alpha value is -2.06. The molecule has 2 aliphatic heterocycles. The molecule has 1 unspecified atom stereocenters. The van der Waals surface area contributed by atoms with Crippen LogP contribution in [0.5, 0.6) is 11.5 Å². The first-order valence-electron chi connectivity index (χ1n) is 9.86. The second kappa shape index (κ2) is 9.93. The predicted octanol–water partition coefficient (Wildman–Crippen LogP) is 1.66. The molecule has 0 aromatic heterocycles. The molecule has 1 aromatic carbocycles. The van der Waals surface area contributed by atoms with Crippen LogP contribution in [-0.4, -0.2) is 79.0 Å². The first kappa shape index (κ1) is 20.7. The summed E-state index contributed by atoms with van der Waals surface area (Å²) >= 11 is 5.47. The van der Waals surface area contributed by atoms with Gasteiger partial charge >= 0.3 is 0 Å². The first-order chi connectivity index (χ1) is 13.5. The second-order valence-electron chi connectivity index (χ2n) is 7.18. The molecule has 3 rings (SSSR count). The maximum absolute atomic E-state index is 12.8. The van der Waals surface area contributed by atoms with E-state index in [2.05, 4.69) is 10.2 Å². The third kappa shape index (κ3) is 5.48. The van der Waals surface area contributed by atoms with E-state index >= 15 is 0 Å². The van der Waals surface area contributed by atoms with Crippen molar-refractivity contribution in [3.05, 3.63) is 24.3 Å². The highest BCUT2D eigenvalue weighted by molar-refractivity contribution is 7.80. The van der Waals surface area contributed by atoms with Crippen molar-refractivity contribution in [3.63, 3.8) is 0 Å². The monoisotopic (exact) mass is 407 g/mol. The standard InChI is InChI=1S/C20H29N3O4S/c1-15(2)25-13-5-8-21-20(28)23-11-9-22(10-12-23)19(24)18-14-26-16-6-3-4-7-17(16)27-18/h3-4,6-7,15,18H,5,8-14H2,1-2H3,(H,21,28). The molecule has 0 aliphatic carbocycles. The van der Waals surface area contributed by atoms with Gasteiger partial charge in [0.2, 0.25) is 6.10 Å². The third-order valence-corrected chi connectivity index (χ3v) is 5.11. The molecular weight excluding hydrogens is 378 g/mol. The summed E-state index contributed by atoms with van der Waals surface area (Å²) in [4.78, 5) is 16.7. The molecule has 1 N–H and O–H groups in total. The molecule has 28 heavy (non-hydrogen) atoms. The van der Waals surface area contributed by atoms with Gasteiger partial charge in [0.1, 0.15) is 6.61 Å². The lowest BCUT2D eigenvalue weighted by atomic mass is 10.2. The van der Waals surface area contributed by atoms with Gasteiger partial charge in [-0.3, -0.25) is 4.79 Å². The lowest BCUT2D eigenvalue weighted by Gasteiger charge is -2.38. The lowest BCUT2D eigenvalue weighted by Crippen LogP contribution is -2.56. The first-order valence-corrected chi connectivity index (χ1v) is 10.3. The number of hydrogen-bond donors (Lipinski definition) is 1. The van der Waals surface area contributed by atoms with Crippen LogP contribution >= 0.6 is 12.2 Å². The Balaban J connectivity index is 1.39. The highest BCUT2D eigenvalue weighted by Gasteiger charge is 2.32. The fourth-order valence-electron chi connectivity index (χ4n) is 3.17. The number of ether oxygens (including phenoxy) is 3. The highest BCUT2D eigenvalue weighted by Crippen LogP contribution is 2.31. The summed E-state index contributed by atoms with van der Waals surface area (Å²) in [6.07, 6.45) is 0.578. The summed E-state index contributed by atoms with van der Waals surface area (Å²) in [6, 6.07) is 7.43. The summed E-state index contributed by atoms with van der Waals surface area (Å²) in [6.45, 7) is 8.49. The number of rotatable bonds is 6. The smallest absolute Gasteiger partial charge is 0.267 e. The maximum Gasteiger partial charge on any atom is 0.267 e. The van der Waals surface area contributed by atoms with E-state index in [4.69, 9.17) is 26.4 Å². The zero-order valence-corrected chi connectivity index (χ0v) is 17.4. The van der Waals surface area contributed by atoms with E-state index in [1.807, 2.05) is 43.0 Å². The molecule has 0 spiro atoms. The predicted molar refractivity (Wildman–Crippen MR) is 111 cm³/mol. The van der Waals surface area contributed by atoms with Gasteiger partial charge in [-0.2, -0.15) is 0 Å². The van der Waals surface area contributed by atoms with Gasteiger partial charge < -0.3 is 29.3 Å². The van der Waals surface area contributed by atoms with Crippen LogP contribution < -0.4 is 14.8 Å². The van der Waals surface area contributed by atoms with Crippen molar-refractivity contribution in [3.8, 4) is 11.5 Å². The topological polar surface area (TPSA) is 63.3 Å². The van der Waals surface area contributed by atoms with E-state index in [-0.39, 0.29) is 18.6 Å². The molecule has 2 aliphatic rings. The molecule has 1 saturated heterocycles. The number of hydrogen-bond acceptors (Lipinski definition) is 5. The Morgan fingerprint density at radius 3 is 2.61 bits per heavy atom. The molecule has 154 valence electrons. The van der Waals surface area contributed by atoms with Gasteiger partial charge in [0.05, 0.1) is 6.10 Å². The van der Waals surface area contributed by atoms with Crippen LogP contribution in [-0.2, 0) is 9.53 Å². The van der Waals surface area contributed by atoms with E-state index < -0.39 is 6.10 Å². The number of carbonyl (C=O) groups excluding carboxylic acids is 1. The van der Waals surface area contributed by atoms with E-state index in [0.717, 1.165) is 24.7 Å². The van der Waals surface area contributed by atoms with Crippen LogP contribution in [0.3, 0.4) is 0 Å². The number of nitrogens with zero attached hydrogens (tertiary/aromatic N) is 2. The Morgan fingerprint density at radius 1 is 1.21 bits per heavy atom. The van der Waals surface area contributed by atoms with Gasteiger partial charge in [-0.05, 0) is 44.6 Å². The highest BCUT2D eigenvalue weighted by atomic mass is 32.1. The van der Waals surface area contributed by atoms with Crippen LogP contribution in [0.2, 0.25) is 0 Å². The minimum atomic E-state index is -0.590. The number of carbonyl (C=O) groups is 1. The molecule has 2 heterocycles. The SMILES string of the molecule is CC(C)OCCCNC(=S)N1CCN(C(=O)C2COc3ccccc3O2)CC1. The molecule has 0 radical (unpaired) electrons. The van der Waals surface area contributed by atoms with Gasteiger partial charge in [-0.1, -0.05) is 12.1 Å². The van der Waals surface area contributed by atoms with Crippen LogP contribution in [0.4, 0.5) is 0 Å². The lowest BCUT2D eigenvalue weighted by molar-refractivity contribution is -0.142. The average molecular weight is 408 g/mol. The Kier molecular flexibility index (Phi) is 7.33. The van der Waals surface area contributed by atoms with Crippen molar-refractivity contribution in [2.24, 2.45) is 0 Å². The van der Waals surface area contributed by atoms with Crippen LogP contribution in [0.15, 0.2) is 24.3 Å².